The number of phenols is 1. The van der Waals surface area contributed by atoms with Crippen LogP contribution < -0.4 is 0 Å². The number of aromatic nitrogens is 2. The number of carbonyl (C=O) groups is 1. The van der Waals surface area contributed by atoms with Crippen LogP contribution in [0.2, 0.25) is 0 Å². The maximum atomic E-state index is 11.1. The van der Waals surface area contributed by atoms with Gasteiger partial charge in [0.1, 0.15) is 5.75 Å². The molecule has 6 heteroatoms. The zero-order chi connectivity index (χ0) is 22.3. The van der Waals surface area contributed by atoms with Gasteiger partial charge in [0.2, 0.25) is 0 Å². The molecule has 0 atom stereocenters. The van der Waals surface area contributed by atoms with Crippen molar-refractivity contribution < 1.29 is 15.0 Å². The van der Waals surface area contributed by atoms with Crippen LogP contribution in [-0.2, 0) is 19.6 Å². The Morgan fingerprint density at radius 1 is 0.750 bits per heavy atom. The Hall–Kier alpha value is -4.03. The molecule has 2 aromatic heterocycles. The van der Waals surface area contributed by atoms with Gasteiger partial charge in [-0.3, -0.25) is 14.9 Å². The van der Waals surface area contributed by atoms with Crippen LogP contribution in [0.3, 0.4) is 0 Å². The quantitative estimate of drug-likeness (QED) is 0.424. The highest BCUT2D eigenvalue weighted by molar-refractivity contribution is 5.88. The third kappa shape index (κ3) is 5.36. The van der Waals surface area contributed by atoms with Crippen molar-refractivity contribution >= 4 is 5.97 Å². The number of phenolic OH excluding ortho intramolecular Hbond substituents is 1. The first-order chi connectivity index (χ1) is 15.6. The molecule has 0 aliphatic carbocycles. The highest BCUT2D eigenvalue weighted by Gasteiger charge is 2.14. The van der Waals surface area contributed by atoms with Crippen LogP contribution in [0, 0.1) is 0 Å². The van der Waals surface area contributed by atoms with Crippen molar-refractivity contribution in [1.82, 2.24) is 14.9 Å². The molecular weight excluding hydrogens is 402 g/mol. The minimum absolute atomic E-state index is 0.211. The molecule has 32 heavy (non-hydrogen) atoms. The Morgan fingerprint density at radius 3 is 1.88 bits per heavy atom. The lowest BCUT2D eigenvalue weighted by atomic mass is 10.0. The minimum Gasteiger partial charge on any atom is -0.508 e. The molecule has 2 N–H and O–H groups in total. The fraction of sp³-hybridized carbons (Fsp3) is 0.115. The smallest absolute Gasteiger partial charge is 0.335 e. The lowest BCUT2D eigenvalue weighted by Gasteiger charge is -2.22. The Labute approximate surface area is 186 Å². The van der Waals surface area contributed by atoms with E-state index in [4.69, 9.17) is 5.11 Å². The van der Waals surface area contributed by atoms with Crippen LogP contribution in [0.25, 0.3) is 11.1 Å². The lowest BCUT2D eigenvalue weighted by Crippen LogP contribution is -2.23. The van der Waals surface area contributed by atoms with E-state index >= 15 is 0 Å². The van der Waals surface area contributed by atoms with Gasteiger partial charge in [-0.1, -0.05) is 30.3 Å². The number of hydrogen-bond acceptors (Lipinski definition) is 5. The molecule has 0 bridgehead atoms. The van der Waals surface area contributed by atoms with Gasteiger partial charge in [-0.25, -0.2) is 4.79 Å². The highest BCUT2D eigenvalue weighted by Crippen LogP contribution is 2.28. The SMILES string of the molecule is O=C(O)c1ccc(-c2ccc(O)c(CN(Cc3ccccn3)Cc3ccccn3)c2)cc1. The van der Waals surface area contributed by atoms with Gasteiger partial charge < -0.3 is 10.2 Å². The number of hydrogen-bond donors (Lipinski definition) is 2. The van der Waals surface area contributed by atoms with E-state index in [1.54, 1.807) is 42.7 Å². The molecule has 160 valence electrons. The predicted octanol–water partition coefficient (Wildman–Crippen LogP) is 4.75. The van der Waals surface area contributed by atoms with Crippen molar-refractivity contribution in [3.63, 3.8) is 0 Å². The number of nitrogens with zero attached hydrogens (tertiary/aromatic N) is 3. The van der Waals surface area contributed by atoms with Crippen LogP contribution in [0.15, 0.2) is 91.3 Å². The molecule has 6 nitrogen and oxygen atoms in total. The van der Waals surface area contributed by atoms with E-state index in [2.05, 4.69) is 14.9 Å². The fourth-order valence-corrected chi connectivity index (χ4v) is 3.55. The van der Waals surface area contributed by atoms with Gasteiger partial charge in [0.05, 0.1) is 17.0 Å². The van der Waals surface area contributed by atoms with Crippen molar-refractivity contribution in [2.45, 2.75) is 19.6 Å². The predicted molar refractivity (Wildman–Crippen MR) is 122 cm³/mol. The zero-order valence-electron chi connectivity index (χ0n) is 17.4. The normalized spacial score (nSPS) is 10.9. The molecule has 0 saturated heterocycles. The summed E-state index contributed by atoms with van der Waals surface area (Å²) >= 11 is 0. The van der Waals surface area contributed by atoms with E-state index in [9.17, 15) is 9.90 Å². The topological polar surface area (TPSA) is 86.5 Å². The number of aromatic carboxylic acids is 1. The van der Waals surface area contributed by atoms with Crippen molar-refractivity contribution in [2.75, 3.05) is 0 Å². The largest absolute Gasteiger partial charge is 0.508 e. The average Bonchev–Trinajstić information content (AvgIpc) is 2.82. The van der Waals surface area contributed by atoms with Gasteiger partial charge in [-0.05, 0) is 59.7 Å². The Bertz CT molecular complexity index is 1140. The molecule has 4 aromatic rings. The monoisotopic (exact) mass is 425 g/mol. The van der Waals surface area contributed by atoms with Crippen LogP contribution in [0.4, 0.5) is 0 Å². The minimum atomic E-state index is -0.956. The molecule has 0 amide bonds. The van der Waals surface area contributed by atoms with E-state index in [0.29, 0.717) is 19.6 Å². The summed E-state index contributed by atoms with van der Waals surface area (Å²) in [7, 11) is 0. The number of pyridine rings is 2. The molecule has 0 saturated carbocycles. The summed E-state index contributed by atoms with van der Waals surface area (Å²) in [6, 6.07) is 23.8. The highest BCUT2D eigenvalue weighted by atomic mass is 16.4. The van der Waals surface area contributed by atoms with E-state index in [1.165, 1.54) is 0 Å². The zero-order valence-corrected chi connectivity index (χ0v) is 17.4. The molecule has 0 aliphatic heterocycles. The summed E-state index contributed by atoms with van der Waals surface area (Å²) in [5.41, 5.74) is 4.68. The van der Waals surface area contributed by atoms with Gasteiger partial charge in [-0.15, -0.1) is 0 Å². The summed E-state index contributed by atoms with van der Waals surface area (Å²) < 4.78 is 0. The first-order valence-electron chi connectivity index (χ1n) is 10.3. The number of benzene rings is 2. The Morgan fingerprint density at radius 2 is 1.34 bits per heavy atom. The van der Waals surface area contributed by atoms with Crippen LogP contribution in [-0.4, -0.2) is 31.1 Å². The second kappa shape index (κ2) is 9.85. The van der Waals surface area contributed by atoms with Crippen molar-refractivity contribution in [2.24, 2.45) is 0 Å². The third-order valence-corrected chi connectivity index (χ3v) is 5.16. The Balaban J connectivity index is 1.60. The fourth-order valence-electron chi connectivity index (χ4n) is 3.55. The summed E-state index contributed by atoms with van der Waals surface area (Å²) in [6.45, 7) is 1.71. The summed E-state index contributed by atoms with van der Waals surface area (Å²) in [6.07, 6.45) is 3.54. The van der Waals surface area contributed by atoms with E-state index in [1.807, 2.05) is 48.5 Å². The standard InChI is InChI=1S/C26H23N3O3/c30-25-12-11-21(19-7-9-20(10-8-19)26(31)32)15-22(25)16-29(17-23-5-1-3-13-27-23)18-24-6-2-4-14-28-24/h1-15,30H,16-18H2,(H,31,32). The number of aromatic hydroxyl groups is 1. The van der Waals surface area contributed by atoms with E-state index < -0.39 is 5.97 Å². The summed E-state index contributed by atoms with van der Waals surface area (Å²) in [5, 5.41) is 19.7. The average molecular weight is 425 g/mol. The third-order valence-electron chi connectivity index (χ3n) is 5.16. The van der Waals surface area contributed by atoms with Crippen LogP contribution in [0.1, 0.15) is 27.3 Å². The number of carboxylic acid groups (broad SMARTS) is 1. The van der Waals surface area contributed by atoms with Gasteiger partial charge in [-0.2, -0.15) is 0 Å². The van der Waals surface area contributed by atoms with Crippen LogP contribution in [0.5, 0.6) is 5.75 Å². The van der Waals surface area contributed by atoms with Crippen LogP contribution >= 0.6 is 0 Å². The Kier molecular flexibility index (Phi) is 6.53. The van der Waals surface area contributed by atoms with Gasteiger partial charge in [0, 0.05) is 37.6 Å². The van der Waals surface area contributed by atoms with E-state index in [0.717, 1.165) is 28.1 Å². The number of carboxylic acids is 1. The molecule has 0 radical (unpaired) electrons. The summed E-state index contributed by atoms with van der Waals surface area (Å²) in [4.78, 5) is 22.2. The molecule has 0 fully saturated rings. The molecular formula is C26H23N3O3. The lowest BCUT2D eigenvalue weighted by molar-refractivity contribution is 0.0697. The van der Waals surface area contributed by atoms with E-state index in [-0.39, 0.29) is 11.3 Å². The van der Waals surface area contributed by atoms with Crippen molar-refractivity contribution in [3.05, 3.63) is 114 Å². The van der Waals surface area contributed by atoms with Gasteiger partial charge in [0.15, 0.2) is 0 Å². The maximum Gasteiger partial charge on any atom is 0.335 e. The first-order valence-corrected chi connectivity index (χ1v) is 10.3. The molecule has 4 rings (SSSR count). The first kappa shape index (κ1) is 21.2. The van der Waals surface area contributed by atoms with Gasteiger partial charge >= 0.3 is 5.97 Å². The molecule has 2 heterocycles. The second-order valence-corrected chi connectivity index (χ2v) is 7.51. The summed E-state index contributed by atoms with van der Waals surface area (Å²) in [5.74, 6) is -0.745. The van der Waals surface area contributed by atoms with Gasteiger partial charge in [0.25, 0.3) is 0 Å². The van der Waals surface area contributed by atoms with Crippen molar-refractivity contribution in [1.29, 1.82) is 0 Å². The maximum absolute atomic E-state index is 11.1. The molecule has 0 aliphatic rings. The number of rotatable bonds is 8. The second-order valence-electron chi connectivity index (χ2n) is 7.51. The van der Waals surface area contributed by atoms with Crippen molar-refractivity contribution in [3.8, 4) is 16.9 Å². The molecule has 2 aromatic carbocycles. The molecule has 0 spiro atoms. The molecule has 0 unspecified atom stereocenters.